The molecule has 15 heavy (non-hydrogen) atoms. The Hall–Kier alpha value is -0.765. The normalized spacial score (nSPS) is 39.1. The van der Waals surface area contributed by atoms with Gasteiger partial charge in [-0.3, -0.25) is 5.41 Å². The quantitative estimate of drug-likeness (QED) is 0.686. The third kappa shape index (κ3) is 1.61. The Morgan fingerprint density at radius 1 is 1.53 bits per heavy atom. The molecule has 2 aliphatic rings. The fraction of sp³-hybridized carbons (Fsp3) is 0.727. The van der Waals surface area contributed by atoms with E-state index in [1.54, 1.807) is 0 Å². The van der Waals surface area contributed by atoms with Crippen molar-refractivity contribution in [1.29, 1.82) is 5.41 Å². The van der Waals surface area contributed by atoms with Crippen LogP contribution in [0.1, 0.15) is 26.7 Å². The molecule has 1 fully saturated rings. The van der Waals surface area contributed by atoms with Crippen LogP contribution in [-0.2, 0) is 0 Å². The van der Waals surface area contributed by atoms with Crippen molar-refractivity contribution < 1.29 is 0 Å². The molecule has 1 radical (unpaired) electrons. The fourth-order valence-electron chi connectivity index (χ4n) is 2.53. The van der Waals surface area contributed by atoms with Crippen LogP contribution in [0.4, 0.5) is 0 Å². The molecule has 3 N–H and O–H groups in total. The topological polar surface area (TPSA) is 53.1 Å². The van der Waals surface area contributed by atoms with Crippen LogP contribution in [0.2, 0.25) is 10.6 Å². The van der Waals surface area contributed by atoms with E-state index in [9.17, 15) is 0 Å². The number of hydrogen-bond donors (Lipinski definition) is 2. The number of rotatable bonds is 3. The van der Waals surface area contributed by atoms with Gasteiger partial charge in [-0.25, -0.2) is 0 Å². The molecule has 2 heterocycles. The summed E-state index contributed by atoms with van der Waals surface area (Å²) in [6.07, 6.45) is 3.95. The number of nitrogens with two attached hydrogens (primary N) is 1. The van der Waals surface area contributed by atoms with Crippen molar-refractivity contribution in [2.75, 3.05) is 13.6 Å². The predicted molar refractivity (Wildman–Crippen MR) is 64.3 cm³/mol. The van der Waals surface area contributed by atoms with Crippen molar-refractivity contribution >= 4 is 13.1 Å². The second-order valence-electron chi connectivity index (χ2n) is 5.38. The van der Waals surface area contributed by atoms with Gasteiger partial charge in [0.15, 0.2) is 0 Å². The van der Waals surface area contributed by atoms with Crippen molar-refractivity contribution in [2.45, 2.75) is 37.3 Å². The first-order valence-electron chi connectivity index (χ1n) is 5.47. The molecule has 4 heteroatoms. The van der Waals surface area contributed by atoms with Gasteiger partial charge in [0.1, 0.15) is 13.1 Å². The molecule has 1 saturated heterocycles. The highest BCUT2D eigenvalue weighted by Crippen LogP contribution is 2.70. The van der Waals surface area contributed by atoms with E-state index in [2.05, 4.69) is 27.3 Å². The van der Waals surface area contributed by atoms with E-state index in [4.69, 9.17) is 11.1 Å². The average Bonchev–Trinajstić information content (AvgIpc) is 2.53. The van der Waals surface area contributed by atoms with Crippen molar-refractivity contribution in [3.8, 4) is 0 Å². The maximum atomic E-state index is 7.70. The second kappa shape index (κ2) is 3.11. The van der Waals surface area contributed by atoms with Gasteiger partial charge in [0.2, 0.25) is 0 Å². The molecular formula is C11H19BN3. The third-order valence-electron chi connectivity index (χ3n) is 4.07. The summed E-state index contributed by atoms with van der Waals surface area (Å²) in [5, 5.41) is 8.15. The maximum absolute atomic E-state index is 7.70. The van der Waals surface area contributed by atoms with Gasteiger partial charge in [0.25, 0.3) is 0 Å². The molecule has 3 nitrogen and oxygen atoms in total. The number of hydrogen-bond acceptors (Lipinski definition) is 2. The zero-order valence-corrected chi connectivity index (χ0v) is 9.80. The summed E-state index contributed by atoms with van der Waals surface area (Å²) in [6, 6.07) is 0. The van der Waals surface area contributed by atoms with Crippen molar-refractivity contribution in [3.05, 3.63) is 11.8 Å². The van der Waals surface area contributed by atoms with Crippen LogP contribution in [0, 0.1) is 5.41 Å². The van der Waals surface area contributed by atoms with Gasteiger partial charge in [-0.2, -0.15) is 0 Å². The van der Waals surface area contributed by atoms with E-state index < -0.39 is 0 Å². The molecule has 0 aliphatic carbocycles. The lowest BCUT2D eigenvalue weighted by atomic mass is 9.83. The number of nitrogens with one attached hydrogen (secondary N) is 1. The predicted octanol–water partition coefficient (Wildman–Crippen LogP) is 1.61. The molecule has 2 rings (SSSR count). The molecular weight excluding hydrogens is 185 g/mol. The first-order chi connectivity index (χ1) is 6.90. The van der Waals surface area contributed by atoms with Gasteiger partial charge in [0.05, 0.1) is 0 Å². The van der Waals surface area contributed by atoms with Crippen LogP contribution in [0.25, 0.3) is 0 Å². The highest BCUT2D eigenvalue weighted by molar-refractivity contribution is 6.59. The van der Waals surface area contributed by atoms with Crippen LogP contribution in [-0.4, -0.2) is 31.6 Å². The lowest BCUT2D eigenvalue weighted by Gasteiger charge is -2.19. The minimum Gasteiger partial charge on any atom is -0.340 e. The van der Waals surface area contributed by atoms with Crippen LogP contribution >= 0.6 is 0 Å². The first kappa shape index (κ1) is 10.7. The Balaban J connectivity index is 2.01. The highest BCUT2D eigenvalue weighted by atomic mass is 15.1. The SMILES string of the molecule is CN1C=C(CC2(C)[B]C2(C)CN)CC1=N. The van der Waals surface area contributed by atoms with E-state index in [0.717, 1.165) is 19.4 Å². The summed E-state index contributed by atoms with van der Waals surface area (Å²) >= 11 is 0. The van der Waals surface area contributed by atoms with Crippen LogP contribution in [0.15, 0.2) is 11.8 Å². The lowest BCUT2D eigenvalue weighted by molar-refractivity contribution is 0.544. The van der Waals surface area contributed by atoms with E-state index >= 15 is 0 Å². The van der Waals surface area contributed by atoms with Crippen LogP contribution < -0.4 is 5.73 Å². The Kier molecular flexibility index (Phi) is 2.23. The molecule has 0 aromatic rings. The minimum absolute atomic E-state index is 0.206. The molecule has 0 saturated carbocycles. The smallest absolute Gasteiger partial charge is 0.127 e. The van der Waals surface area contributed by atoms with Gasteiger partial charge in [-0.15, -0.1) is 0 Å². The Morgan fingerprint density at radius 2 is 2.20 bits per heavy atom. The number of amidine groups is 1. The Labute approximate surface area is 92.5 Å². The van der Waals surface area contributed by atoms with E-state index in [-0.39, 0.29) is 10.6 Å². The Bertz CT molecular complexity index is 339. The highest BCUT2D eigenvalue weighted by Gasteiger charge is 2.60. The minimum atomic E-state index is 0.206. The van der Waals surface area contributed by atoms with E-state index in [1.807, 2.05) is 11.9 Å². The van der Waals surface area contributed by atoms with Gasteiger partial charge >= 0.3 is 0 Å². The van der Waals surface area contributed by atoms with Crippen molar-refractivity contribution in [3.63, 3.8) is 0 Å². The lowest BCUT2D eigenvalue weighted by Crippen LogP contribution is -2.13. The van der Waals surface area contributed by atoms with E-state index in [1.165, 1.54) is 5.57 Å². The van der Waals surface area contributed by atoms with Crippen molar-refractivity contribution in [1.82, 2.24) is 4.90 Å². The molecule has 2 unspecified atom stereocenters. The summed E-state index contributed by atoms with van der Waals surface area (Å²) in [7, 11) is 4.29. The molecule has 0 spiro atoms. The monoisotopic (exact) mass is 204 g/mol. The first-order valence-corrected chi connectivity index (χ1v) is 5.47. The standard InChI is InChI=1S/C11H19BN3/c1-10(11(2,7-13)12-10)5-8-4-9(14)15(3)6-8/h6,14H,4-5,7,13H2,1-3H3. The third-order valence-corrected chi connectivity index (χ3v) is 4.07. The Morgan fingerprint density at radius 3 is 2.60 bits per heavy atom. The van der Waals surface area contributed by atoms with Gasteiger partial charge in [0, 0.05) is 19.7 Å². The van der Waals surface area contributed by atoms with Crippen LogP contribution in [0.5, 0.6) is 0 Å². The number of nitrogens with zero attached hydrogens (tertiary/aromatic N) is 1. The summed E-state index contributed by atoms with van der Waals surface area (Å²) < 4.78 is 0. The molecule has 0 bridgehead atoms. The molecule has 81 valence electrons. The summed E-state index contributed by atoms with van der Waals surface area (Å²) in [6.45, 7) is 5.21. The fourth-order valence-corrected chi connectivity index (χ4v) is 2.53. The molecule has 0 aromatic carbocycles. The summed E-state index contributed by atoms with van der Waals surface area (Å²) in [5.41, 5.74) is 7.13. The second-order valence-corrected chi connectivity index (χ2v) is 5.38. The largest absolute Gasteiger partial charge is 0.340 e. The van der Waals surface area contributed by atoms with Crippen molar-refractivity contribution in [2.24, 2.45) is 5.73 Å². The van der Waals surface area contributed by atoms with Gasteiger partial charge in [-0.05, 0) is 23.9 Å². The zero-order chi connectivity index (χ0) is 11.3. The van der Waals surface area contributed by atoms with Crippen LogP contribution in [0.3, 0.4) is 0 Å². The van der Waals surface area contributed by atoms with Gasteiger partial charge < -0.3 is 10.6 Å². The molecule has 0 aromatic heterocycles. The molecule has 2 aliphatic heterocycles. The molecule has 2 atom stereocenters. The summed E-state index contributed by atoms with van der Waals surface area (Å²) in [4.78, 5) is 1.90. The van der Waals surface area contributed by atoms with Gasteiger partial charge in [-0.1, -0.05) is 19.2 Å². The van der Waals surface area contributed by atoms with E-state index in [0.29, 0.717) is 5.84 Å². The summed E-state index contributed by atoms with van der Waals surface area (Å²) in [5.74, 6) is 0.698. The zero-order valence-electron chi connectivity index (χ0n) is 9.80. The maximum Gasteiger partial charge on any atom is 0.127 e. The average molecular weight is 204 g/mol. The molecule has 0 amide bonds.